The van der Waals surface area contributed by atoms with Gasteiger partial charge in [-0.1, -0.05) is 18.2 Å². The van der Waals surface area contributed by atoms with Crippen LogP contribution >= 0.6 is 22.9 Å². The molecule has 1 aromatic heterocycles. The lowest BCUT2D eigenvalue weighted by atomic mass is 10.1. The number of benzene rings is 1. The number of hydrogen-bond donors (Lipinski definition) is 0. The van der Waals surface area contributed by atoms with Gasteiger partial charge in [-0.3, -0.25) is 0 Å². The van der Waals surface area contributed by atoms with Gasteiger partial charge in [0.15, 0.2) is 9.84 Å². The Labute approximate surface area is 110 Å². The van der Waals surface area contributed by atoms with Crippen molar-refractivity contribution in [3.05, 3.63) is 52.2 Å². The number of halogens is 1. The van der Waals surface area contributed by atoms with Gasteiger partial charge in [-0.05, 0) is 29.1 Å². The largest absolute Gasteiger partial charge is 0.224 e. The molecule has 2 aromatic rings. The third-order valence-corrected chi connectivity index (χ3v) is 5.04. The van der Waals surface area contributed by atoms with Gasteiger partial charge in [-0.15, -0.1) is 22.9 Å². The molecule has 1 aromatic carbocycles. The highest BCUT2D eigenvalue weighted by molar-refractivity contribution is 7.90. The molecule has 0 aliphatic rings. The molecule has 0 amide bonds. The van der Waals surface area contributed by atoms with Crippen molar-refractivity contribution >= 4 is 32.8 Å². The van der Waals surface area contributed by atoms with Gasteiger partial charge in [0.2, 0.25) is 0 Å². The molecule has 0 aliphatic carbocycles. The number of rotatable bonds is 3. The number of thiophene rings is 1. The molecule has 0 aliphatic heterocycles. The Hall–Kier alpha value is -0.840. The summed E-state index contributed by atoms with van der Waals surface area (Å²) < 4.78 is 22.9. The van der Waals surface area contributed by atoms with Crippen molar-refractivity contribution in [2.75, 3.05) is 6.26 Å². The first-order chi connectivity index (χ1) is 7.98. The maximum atomic E-state index is 11.5. The molecule has 1 heterocycles. The van der Waals surface area contributed by atoms with E-state index in [-0.39, 0.29) is 5.38 Å². The summed E-state index contributed by atoms with van der Waals surface area (Å²) in [4.78, 5) is 1.31. The molecule has 0 saturated heterocycles. The quantitative estimate of drug-likeness (QED) is 0.810. The molecule has 2 rings (SSSR count). The van der Waals surface area contributed by atoms with Crippen LogP contribution < -0.4 is 0 Å². The van der Waals surface area contributed by atoms with Gasteiger partial charge in [0, 0.05) is 11.1 Å². The Morgan fingerprint density at radius 1 is 1.24 bits per heavy atom. The number of hydrogen-bond acceptors (Lipinski definition) is 3. The highest BCUT2D eigenvalue weighted by atomic mass is 35.5. The molecule has 0 N–H and O–H groups in total. The third-order valence-electron chi connectivity index (χ3n) is 2.37. The van der Waals surface area contributed by atoms with Crippen molar-refractivity contribution in [2.24, 2.45) is 0 Å². The van der Waals surface area contributed by atoms with Gasteiger partial charge in [0.05, 0.1) is 10.3 Å². The van der Waals surface area contributed by atoms with Crippen LogP contribution in [-0.4, -0.2) is 14.7 Å². The van der Waals surface area contributed by atoms with Crippen molar-refractivity contribution in [1.29, 1.82) is 0 Å². The van der Waals surface area contributed by atoms with E-state index in [0.29, 0.717) is 4.90 Å². The fourth-order valence-electron chi connectivity index (χ4n) is 1.50. The smallest absolute Gasteiger partial charge is 0.175 e. The summed E-state index contributed by atoms with van der Waals surface area (Å²) in [6, 6.07) is 10.6. The monoisotopic (exact) mass is 286 g/mol. The summed E-state index contributed by atoms with van der Waals surface area (Å²) in [5.74, 6) is 0. The maximum absolute atomic E-state index is 11.5. The Morgan fingerprint density at radius 3 is 2.59 bits per heavy atom. The lowest BCUT2D eigenvalue weighted by molar-refractivity contribution is 0.602. The van der Waals surface area contributed by atoms with Crippen LogP contribution in [0.1, 0.15) is 15.8 Å². The Bertz CT molecular complexity index is 603. The molecular formula is C12H11ClO2S2. The normalized spacial score (nSPS) is 13.5. The van der Waals surface area contributed by atoms with E-state index < -0.39 is 9.84 Å². The fraction of sp³-hybridized carbons (Fsp3) is 0.167. The molecule has 1 atom stereocenters. The summed E-state index contributed by atoms with van der Waals surface area (Å²) in [6.45, 7) is 0. The van der Waals surface area contributed by atoms with Crippen molar-refractivity contribution < 1.29 is 8.42 Å². The van der Waals surface area contributed by atoms with Crippen molar-refractivity contribution in [3.63, 3.8) is 0 Å². The molecule has 0 bridgehead atoms. The topological polar surface area (TPSA) is 34.1 Å². The van der Waals surface area contributed by atoms with Crippen LogP contribution in [0.3, 0.4) is 0 Å². The highest BCUT2D eigenvalue weighted by Crippen LogP contribution is 2.32. The van der Waals surface area contributed by atoms with Crippen LogP contribution in [-0.2, 0) is 9.84 Å². The highest BCUT2D eigenvalue weighted by Gasteiger charge is 2.14. The summed E-state index contributed by atoms with van der Waals surface area (Å²) in [5, 5.41) is 1.65. The van der Waals surface area contributed by atoms with Gasteiger partial charge < -0.3 is 0 Å². The molecule has 0 radical (unpaired) electrons. The van der Waals surface area contributed by atoms with Gasteiger partial charge >= 0.3 is 0 Å². The second-order valence-corrected chi connectivity index (χ2v) is 7.15. The van der Waals surface area contributed by atoms with E-state index in [1.165, 1.54) is 6.26 Å². The van der Waals surface area contributed by atoms with E-state index in [1.54, 1.807) is 29.5 Å². The summed E-state index contributed by atoms with van der Waals surface area (Å²) in [7, 11) is -3.18. The molecule has 5 heteroatoms. The second kappa shape index (κ2) is 4.80. The van der Waals surface area contributed by atoms with Gasteiger partial charge in [-0.25, -0.2) is 8.42 Å². The summed E-state index contributed by atoms with van der Waals surface area (Å²) >= 11 is 7.87. The van der Waals surface area contributed by atoms with E-state index >= 15 is 0 Å². The Kier molecular flexibility index (Phi) is 3.56. The number of sulfone groups is 1. The van der Waals surface area contributed by atoms with Crippen LogP contribution in [0.5, 0.6) is 0 Å². The predicted octanol–water partition coefficient (Wildman–Crippen LogP) is 3.48. The van der Waals surface area contributed by atoms with Crippen LogP contribution in [0.25, 0.3) is 0 Å². The maximum Gasteiger partial charge on any atom is 0.175 e. The minimum absolute atomic E-state index is 0.295. The standard InChI is InChI=1S/C12H11ClO2S2/c1-17(14,15)10-5-2-4-9(8-10)12(13)11-6-3-7-16-11/h2-8,12H,1H3. The lowest BCUT2D eigenvalue weighted by Gasteiger charge is -2.09. The molecule has 17 heavy (non-hydrogen) atoms. The van der Waals surface area contributed by atoms with Crippen LogP contribution in [0.2, 0.25) is 0 Å². The summed E-state index contributed by atoms with van der Waals surface area (Å²) in [5.41, 5.74) is 0.803. The molecule has 0 saturated carbocycles. The SMILES string of the molecule is CS(=O)(=O)c1cccc(C(Cl)c2cccs2)c1. The molecule has 0 fully saturated rings. The number of alkyl halides is 1. The van der Waals surface area contributed by atoms with Crippen LogP contribution in [0.15, 0.2) is 46.7 Å². The van der Waals surface area contributed by atoms with Crippen LogP contribution in [0.4, 0.5) is 0 Å². The minimum Gasteiger partial charge on any atom is -0.224 e. The van der Waals surface area contributed by atoms with E-state index in [2.05, 4.69) is 0 Å². The second-order valence-electron chi connectivity index (χ2n) is 3.72. The molecule has 1 unspecified atom stereocenters. The zero-order valence-electron chi connectivity index (χ0n) is 9.13. The average molecular weight is 287 g/mol. The van der Waals surface area contributed by atoms with Crippen molar-refractivity contribution in [3.8, 4) is 0 Å². The molecule has 90 valence electrons. The molecule has 0 spiro atoms. The van der Waals surface area contributed by atoms with E-state index in [9.17, 15) is 8.42 Å². The fourth-order valence-corrected chi connectivity index (χ4v) is 3.27. The van der Waals surface area contributed by atoms with E-state index in [4.69, 9.17) is 11.6 Å². The van der Waals surface area contributed by atoms with Crippen LogP contribution in [0, 0.1) is 0 Å². The average Bonchev–Trinajstić information content (AvgIpc) is 2.80. The summed E-state index contributed by atoms with van der Waals surface area (Å²) in [6.07, 6.45) is 1.19. The van der Waals surface area contributed by atoms with Gasteiger partial charge in [0.25, 0.3) is 0 Å². The Balaban J connectivity index is 2.41. The third kappa shape index (κ3) is 2.89. The van der Waals surface area contributed by atoms with Gasteiger partial charge in [-0.2, -0.15) is 0 Å². The van der Waals surface area contributed by atoms with Crippen molar-refractivity contribution in [1.82, 2.24) is 0 Å². The zero-order valence-corrected chi connectivity index (χ0v) is 11.5. The molecule has 2 nitrogen and oxygen atoms in total. The van der Waals surface area contributed by atoms with Crippen molar-refractivity contribution in [2.45, 2.75) is 10.3 Å². The Morgan fingerprint density at radius 2 is 2.00 bits per heavy atom. The first-order valence-corrected chi connectivity index (χ1v) is 8.17. The lowest BCUT2D eigenvalue weighted by Crippen LogP contribution is -1.99. The first kappa shape index (κ1) is 12.6. The zero-order chi connectivity index (χ0) is 12.5. The predicted molar refractivity (Wildman–Crippen MR) is 71.6 cm³/mol. The minimum atomic E-state index is -3.18. The van der Waals surface area contributed by atoms with E-state index in [0.717, 1.165) is 10.4 Å². The first-order valence-electron chi connectivity index (χ1n) is 4.96. The van der Waals surface area contributed by atoms with Gasteiger partial charge in [0.1, 0.15) is 0 Å². The molecular weight excluding hydrogens is 276 g/mol. The van der Waals surface area contributed by atoms with E-state index in [1.807, 2.05) is 23.6 Å².